The highest BCUT2D eigenvalue weighted by Crippen LogP contribution is 2.20. The Kier molecular flexibility index (Phi) is 6.65. The molecule has 0 saturated carbocycles. The number of nitrogens with zero attached hydrogens (tertiary/aromatic N) is 1. The SMILES string of the molecule is CCCCC(NC(C)C(=O)N(C)C)c1ccc(F)cc1. The molecule has 112 valence electrons. The molecule has 1 aromatic rings. The number of rotatable bonds is 7. The number of amides is 1. The minimum atomic E-state index is -0.253. The van der Waals surface area contributed by atoms with Crippen molar-refractivity contribution in [3.05, 3.63) is 35.6 Å². The topological polar surface area (TPSA) is 32.3 Å². The van der Waals surface area contributed by atoms with Crippen LogP contribution in [0.3, 0.4) is 0 Å². The average Bonchev–Trinajstić information content (AvgIpc) is 2.43. The van der Waals surface area contributed by atoms with Crippen molar-refractivity contribution in [2.75, 3.05) is 14.1 Å². The molecular formula is C16H25FN2O. The first-order chi connectivity index (χ1) is 9.45. The Morgan fingerprint density at radius 1 is 1.30 bits per heavy atom. The lowest BCUT2D eigenvalue weighted by atomic mass is 10.00. The van der Waals surface area contributed by atoms with E-state index in [4.69, 9.17) is 0 Å². The molecule has 2 atom stereocenters. The lowest BCUT2D eigenvalue weighted by Crippen LogP contribution is -2.43. The van der Waals surface area contributed by atoms with Crippen molar-refractivity contribution in [3.63, 3.8) is 0 Å². The summed E-state index contributed by atoms with van der Waals surface area (Å²) in [6.45, 7) is 4.00. The van der Waals surface area contributed by atoms with E-state index >= 15 is 0 Å². The number of halogens is 1. The number of benzene rings is 1. The Bertz CT molecular complexity index is 417. The second-order valence-corrected chi connectivity index (χ2v) is 5.37. The Morgan fingerprint density at radius 3 is 2.40 bits per heavy atom. The molecule has 0 fully saturated rings. The molecule has 3 nitrogen and oxygen atoms in total. The van der Waals surface area contributed by atoms with Crippen molar-refractivity contribution in [2.24, 2.45) is 0 Å². The molecule has 0 heterocycles. The van der Waals surface area contributed by atoms with Crippen molar-refractivity contribution in [2.45, 2.75) is 45.2 Å². The molecule has 1 amide bonds. The van der Waals surface area contributed by atoms with Crippen LogP contribution in [0.15, 0.2) is 24.3 Å². The Balaban J connectivity index is 2.78. The number of carbonyl (C=O) groups excluding carboxylic acids is 1. The van der Waals surface area contributed by atoms with Crippen molar-refractivity contribution in [3.8, 4) is 0 Å². The summed E-state index contributed by atoms with van der Waals surface area (Å²) in [4.78, 5) is 13.5. The number of likely N-dealkylation sites (N-methyl/N-ethyl adjacent to an activating group) is 1. The minimum absolute atomic E-state index is 0.0496. The fourth-order valence-corrected chi connectivity index (χ4v) is 2.21. The number of hydrogen-bond acceptors (Lipinski definition) is 2. The highest BCUT2D eigenvalue weighted by molar-refractivity contribution is 5.80. The maximum atomic E-state index is 13.0. The zero-order valence-corrected chi connectivity index (χ0v) is 12.8. The van der Waals surface area contributed by atoms with Gasteiger partial charge in [-0.1, -0.05) is 31.9 Å². The van der Waals surface area contributed by atoms with Crippen LogP contribution in [0.1, 0.15) is 44.7 Å². The Hall–Kier alpha value is -1.42. The summed E-state index contributed by atoms with van der Waals surface area (Å²) in [5, 5.41) is 3.35. The molecule has 0 aliphatic heterocycles. The molecule has 0 radical (unpaired) electrons. The molecule has 0 saturated heterocycles. The second-order valence-electron chi connectivity index (χ2n) is 5.37. The van der Waals surface area contributed by atoms with E-state index in [-0.39, 0.29) is 23.8 Å². The van der Waals surface area contributed by atoms with Gasteiger partial charge in [-0.3, -0.25) is 10.1 Å². The predicted molar refractivity (Wildman–Crippen MR) is 80.0 cm³/mol. The average molecular weight is 280 g/mol. The van der Waals surface area contributed by atoms with Gasteiger partial charge in [0.1, 0.15) is 5.82 Å². The van der Waals surface area contributed by atoms with Crippen LogP contribution in [0.5, 0.6) is 0 Å². The van der Waals surface area contributed by atoms with Crippen molar-refractivity contribution in [1.82, 2.24) is 10.2 Å². The molecule has 1 aromatic carbocycles. The van der Waals surface area contributed by atoms with Gasteiger partial charge in [0.25, 0.3) is 0 Å². The van der Waals surface area contributed by atoms with Gasteiger partial charge in [-0.15, -0.1) is 0 Å². The van der Waals surface area contributed by atoms with Crippen LogP contribution in [0, 0.1) is 5.82 Å². The summed E-state index contributed by atoms with van der Waals surface area (Å²) in [6.07, 6.45) is 3.10. The number of hydrogen-bond donors (Lipinski definition) is 1. The maximum Gasteiger partial charge on any atom is 0.238 e. The highest BCUT2D eigenvalue weighted by atomic mass is 19.1. The number of carbonyl (C=O) groups is 1. The van der Waals surface area contributed by atoms with Crippen molar-refractivity contribution in [1.29, 1.82) is 0 Å². The molecule has 4 heteroatoms. The molecule has 20 heavy (non-hydrogen) atoms. The smallest absolute Gasteiger partial charge is 0.238 e. The van der Waals surface area contributed by atoms with E-state index in [0.717, 1.165) is 24.8 Å². The van der Waals surface area contributed by atoms with Gasteiger partial charge in [0.05, 0.1) is 6.04 Å². The van der Waals surface area contributed by atoms with Gasteiger partial charge >= 0.3 is 0 Å². The van der Waals surface area contributed by atoms with E-state index in [2.05, 4.69) is 12.2 Å². The highest BCUT2D eigenvalue weighted by Gasteiger charge is 2.20. The minimum Gasteiger partial charge on any atom is -0.347 e. The van der Waals surface area contributed by atoms with Gasteiger partial charge in [-0.2, -0.15) is 0 Å². The monoisotopic (exact) mass is 280 g/mol. The van der Waals surface area contributed by atoms with E-state index in [1.165, 1.54) is 12.1 Å². The van der Waals surface area contributed by atoms with Gasteiger partial charge in [0.15, 0.2) is 0 Å². The Morgan fingerprint density at radius 2 is 1.90 bits per heavy atom. The number of nitrogens with one attached hydrogen (secondary N) is 1. The summed E-state index contributed by atoms with van der Waals surface area (Å²) in [5.41, 5.74) is 1.03. The molecule has 0 aliphatic carbocycles. The Labute approximate surface area is 121 Å². The van der Waals surface area contributed by atoms with Crippen molar-refractivity contribution < 1.29 is 9.18 Å². The van der Waals surface area contributed by atoms with Crippen LogP contribution in [-0.4, -0.2) is 30.9 Å². The summed E-state index contributed by atoms with van der Waals surface area (Å²) in [6, 6.07) is 6.33. The molecule has 0 bridgehead atoms. The lowest BCUT2D eigenvalue weighted by molar-refractivity contribution is -0.130. The molecule has 2 unspecified atom stereocenters. The van der Waals surface area contributed by atoms with Crippen LogP contribution < -0.4 is 5.32 Å². The van der Waals surface area contributed by atoms with Gasteiger partial charge in [-0.05, 0) is 31.0 Å². The summed E-state index contributed by atoms with van der Waals surface area (Å²) in [7, 11) is 3.50. The van der Waals surface area contributed by atoms with E-state index in [0.29, 0.717) is 0 Å². The van der Waals surface area contributed by atoms with Crippen LogP contribution in [0.25, 0.3) is 0 Å². The van der Waals surface area contributed by atoms with Crippen LogP contribution in [0.4, 0.5) is 4.39 Å². The number of unbranched alkanes of at least 4 members (excludes halogenated alkanes) is 1. The third kappa shape index (κ3) is 4.93. The molecule has 1 N–H and O–H groups in total. The van der Waals surface area contributed by atoms with Gasteiger partial charge in [-0.25, -0.2) is 4.39 Å². The van der Waals surface area contributed by atoms with E-state index in [9.17, 15) is 9.18 Å². The zero-order chi connectivity index (χ0) is 15.1. The van der Waals surface area contributed by atoms with Gasteiger partial charge in [0, 0.05) is 20.1 Å². The van der Waals surface area contributed by atoms with E-state index in [1.807, 2.05) is 6.92 Å². The van der Waals surface area contributed by atoms with Crippen LogP contribution in [0.2, 0.25) is 0 Å². The molecular weight excluding hydrogens is 255 g/mol. The zero-order valence-electron chi connectivity index (χ0n) is 12.8. The molecule has 1 rings (SSSR count). The molecule has 0 spiro atoms. The first-order valence-electron chi connectivity index (χ1n) is 7.18. The third-order valence-electron chi connectivity index (χ3n) is 3.38. The normalized spacial score (nSPS) is 13.8. The third-order valence-corrected chi connectivity index (χ3v) is 3.38. The largest absolute Gasteiger partial charge is 0.347 e. The molecule has 0 aromatic heterocycles. The standard InChI is InChI=1S/C16H25FN2O/c1-5-6-7-15(13-8-10-14(17)11-9-13)18-12(2)16(20)19(3)4/h8-12,15,18H,5-7H2,1-4H3. The maximum absolute atomic E-state index is 13.0. The summed E-state index contributed by atoms with van der Waals surface area (Å²) in [5.74, 6) is -0.186. The van der Waals surface area contributed by atoms with Crippen LogP contribution >= 0.6 is 0 Å². The summed E-state index contributed by atoms with van der Waals surface area (Å²) >= 11 is 0. The van der Waals surface area contributed by atoms with Crippen molar-refractivity contribution >= 4 is 5.91 Å². The molecule has 0 aliphatic rings. The van der Waals surface area contributed by atoms with E-state index in [1.54, 1.807) is 31.1 Å². The van der Waals surface area contributed by atoms with E-state index < -0.39 is 0 Å². The second kappa shape index (κ2) is 8.00. The lowest BCUT2D eigenvalue weighted by Gasteiger charge is -2.25. The first-order valence-corrected chi connectivity index (χ1v) is 7.18. The predicted octanol–water partition coefficient (Wildman–Crippen LogP) is 3.12. The fourth-order valence-electron chi connectivity index (χ4n) is 2.21. The quantitative estimate of drug-likeness (QED) is 0.832. The van der Waals surface area contributed by atoms with Crippen LogP contribution in [-0.2, 0) is 4.79 Å². The van der Waals surface area contributed by atoms with Gasteiger partial charge < -0.3 is 4.90 Å². The summed E-state index contributed by atoms with van der Waals surface area (Å²) < 4.78 is 13.0. The fraction of sp³-hybridized carbons (Fsp3) is 0.562. The van der Waals surface area contributed by atoms with Gasteiger partial charge in [0.2, 0.25) is 5.91 Å². The first kappa shape index (κ1) is 16.6.